The molecule has 4 nitrogen and oxygen atoms in total. The topological polar surface area (TPSA) is 58.2 Å². The number of para-hydroxylation sites is 1. The molecule has 0 saturated heterocycles. The summed E-state index contributed by atoms with van der Waals surface area (Å²) in [7, 11) is 0. The molecular weight excluding hydrogens is 449 g/mol. The molecule has 1 heterocycles. The average molecular weight is 473 g/mol. The fraction of sp³-hybridized carbons (Fsp3) is 0.280. The number of ketones is 1. The number of hydrogen-bond acceptors (Lipinski definition) is 4. The molecule has 2 N–H and O–H groups in total. The summed E-state index contributed by atoms with van der Waals surface area (Å²) >= 11 is 1.57. The molecule has 4 rings (SSSR count). The van der Waals surface area contributed by atoms with Gasteiger partial charge in [0.25, 0.3) is 5.91 Å². The van der Waals surface area contributed by atoms with Gasteiger partial charge < -0.3 is 10.6 Å². The van der Waals surface area contributed by atoms with Gasteiger partial charge in [0, 0.05) is 39.8 Å². The number of hydrogen-bond donors (Lipinski definition) is 2. The van der Waals surface area contributed by atoms with E-state index in [4.69, 9.17) is 0 Å². The summed E-state index contributed by atoms with van der Waals surface area (Å²) in [6.07, 6.45) is -0.878. The number of amides is 1. The highest BCUT2D eigenvalue weighted by atomic mass is 32.2. The van der Waals surface area contributed by atoms with Gasteiger partial charge in [0.05, 0.1) is 11.3 Å². The fourth-order valence-corrected chi connectivity index (χ4v) is 4.85. The second-order valence-corrected chi connectivity index (χ2v) is 8.92. The fourth-order valence-electron chi connectivity index (χ4n) is 4.44. The normalized spacial score (nSPS) is 18.7. The molecule has 8 heteroatoms. The maximum Gasteiger partial charge on any atom is 0.418 e. The Kier molecular flexibility index (Phi) is 6.38. The van der Waals surface area contributed by atoms with Gasteiger partial charge in [0.15, 0.2) is 5.78 Å². The molecular formula is C25H23F3N2O2S. The van der Waals surface area contributed by atoms with Gasteiger partial charge in [0.1, 0.15) is 0 Å². The maximum absolute atomic E-state index is 13.5. The summed E-state index contributed by atoms with van der Waals surface area (Å²) < 4.78 is 40.4. The van der Waals surface area contributed by atoms with Crippen LogP contribution in [-0.4, -0.2) is 17.9 Å². The van der Waals surface area contributed by atoms with Gasteiger partial charge in [-0.25, -0.2) is 0 Å². The Morgan fingerprint density at radius 3 is 2.45 bits per heavy atom. The molecule has 2 aromatic carbocycles. The number of benzene rings is 2. The Morgan fingerprint density at radius 2 is 1.79 bits per heavy atom. The van der Waals surface area contributed by atoms with Crippen molar-refractivity contribution in [2.75, 3.05) is 11.6 Å². The molecule has 0 saturated carbocycles. The minimum Gasteiger partial charge on any atom is -0.362 e. The molecule has 0 spiro atoms. The Labute approximate surface area is 194 Å². The summed E-state index contributed by atoms with van der Waals surface area (Å²) in [6.45, 7) is 1.72. The number of anilines is 1. The molecule has 172 valence electrons. The van der Waals surface area contributed by atoms with E-state index in [9.17, 15) is 22.8 Å². The van der Waals surface area contributed by atoms with Crippen LogP contribution < -0.4 is 10.6 Å². The molecule has 2 aromatic rings. The van der Waals surface area contributed by atoms with E-state index >= 15 is 0 Å². The van der Waals surface area contributed by atoms with Crippen LogP contribution in [0.1, 0.15) is 43.2 Å². The van der Waals surface area contributed by atoms with Crippen LogP contribution in [0.4, 0.5) is 18.9 Å². The van der Waals surface area contributed by atoms with E-state index in [0.717, 1.165) is 28.6 Å². The van der Waals surface area contributed by atoms with Crippen LogP contribution in [0.15, 0.2) is 76.0 Å². The number of halogens is 3. The average Bonchev–Trinajstić information content (AvgIpc) is 2.78. The van der Waals surface area contributed by atoms with Crippen LogP contribution in [0.2, 0.25) is 0 Å². The summed E-state index contributed by atoms with van der Waals surface area (Å²) in [4.78, 5) is 27.4. The largest absolute Gasteiger partial charge is 0.418 e. The maximum atomic E-state index is 13.5. The van der Waals surface area contributed by atoms with Crippen molar-refractivity contribution < 1.29 is 22.8 Å². The van der Waals surface area contributed by atoms with E-state index in [0.29, 0.717) is 24.1 Å². The third-order valence-corrected chi connectivity index (χ3v) is 6.69. The van der Waals surface area contributed by atoms with Gasteiger partial charge in [-0.15, -0.1) is 11.8 Å². The number of carbonyl (C=O) groups excluding carboxylic acids is 2. The van der Waals surface area contributed by atoms with Gasteiger partial charge in [-0.1, -0.05) is 24.3 Å². The molecule has 0 radical (unpaired) electrons. The Morgan fingerprint density at radius 1 is 1.09 bits per heavy atom. The first-order valence-electron chi connectivity index (χ1n) is 10.6. The summed E-state index contributed by atoms with van der Waals surface area (Å²) in [5.74, 6) is -1.36. The quantitative estimate of drug-likeness (QED) is 0.533. The van der Waals surface area contributed by atoms with Gasteiger partial charge in [-0.05, 0) is 55.9 Å². The van der Waals surface area contributed by atoms with E-state index in [1.54, 1.807) is 18.7 Å². The predicted molar refractivity (Wildman–Crippen MR) is 123 cm³/mol. The van der Waals surface area contributed by atoms with Crippen molar-refractivity contribution >= 4 is 29.1 Å². The predicted octanol–water partition coefficient (Wildman–Crippen LogP) is 6.03. The molecule has 1 aliphatic heterocycles. The zero-order chi connectivity index (χ0) is 23.8. The van der Waals surface area contributed by atoms with E-state index in [2.05, 4.69) is 10.6 Å². The highest BCUT2D eigenvalue weighted by molar-refractivity contribution is 7.98. The van der Waals surface area contributed by atoms with Crippen molar-refractivity contribution in [1.29, 1.82) is 0 Å². The molecule has 1 aliphatic carbocycles. The Bertz CT molecular complexity index is 1170. The number of dihydropyridines is 1. The van der Waals surface area contributed by atoms with Gasteiger partial charge in [-0.2, -0.15) is 13.2 Å². The van der Waals surface area contributed by atoms with Crippen molar-refractivity contribution in [2.45, 2.75) is 43.2 Å². The third-order valence-electron chi connectivity index (χ3n) is 5.95. The SMILES string of the molecule is CSc1ccc([C@H]2C(C(=O)Nc3ccccc3C(F)(F)F)=C(C)NC3=C2C(=O)CCC3)cc1. The summed E-state index contributed by atoms with van der Waals surface area (Å²) in [5, 5.41) is 5.64. The molecule has 2 aliphatic rings. The highest BCUT2D eigenvalue weighted by Crippen LogP contribution is 2.43. The minimum atomic E-state index is -4.61. The lowest BCUT2D eigenvalue weighted by atomic mass is 9.75. The van der Waals surface area contributed by atoms with Crippen LogP contribution in [0, 0.1) is 0 Å². The zero-order valence-corrected chi connectivity index (χ0v) is 19.0. The highest BCUT2D eigenvalue weighted by Gasteiger charge is 2.39. The Balaban J connectivity index is 1.78. The van der Waals surface area contributed by atoms with Crippen LogP contribution in [-0.2, 0) is 15.8 Å². The van der Waals surface area contributed by atoms with Crippen LogP contribution in [0.25, 0.3) is 0 Å². The van der Waals surface area contributed by atoms with Gasteiger partial charge in [0.2, 0.25) is 0 Å². The molecule has 0 unspecified atom stereocenters. The lowest BCUT2D eigenvalue weighted by Gasteiger charge is -2.34. The van der Waals surface area contributed by atoms with E-state index in [-0.39, 0.29) is 17.0 Å². The third kappa shape index (κ3) is 4.57. The smallest absolute Gasteiger partial charge is 0.362 e. The number of alkyl halides is 3. The number of carbonyl (C=O) groups is 2. The number of Topliss-reactive ketones (excluding diaryl/α,β-unsaturated/α-hetero) is 1. The monoisotopic (exact) mass is 472 g/mol. The van der Waals surface area contributed by atoms with Crippen LogP contribution >= 0.6 is 11.8 Å². The number of rotatable bonds is 4. The van der Waals surface area contributed by atoms with Crippen molar-refractivity contribution in [2.24, 2.45) is 0 Å². The standard InChI is InChI=1S/C25H23F3N2O2S/c1-14-21(24(32)30-18-7-4-3-6-17(18)25(26,27)28)22(15-10-12-16(33-2)13-11-15)23-19(29-14)8-5-9-20(23)31/h3-4,6-7,10-13,22,29H,5,8-9H2,1-2H3,(H,30,32)/t22-/m0/s1. The van der Waals surface area contributed by atoms with Crippen molar-refractivity contribution in [3.05, 3.63) is 82.2 Å². The van der Waals surface area contributed by atoms with Crippen LogP contribution in [0.3, 0.4) is 0 Å². The lowest BCUT2D eigenvalue weighted by Crippen LogP contribution is -2.35. The first-order valence-corrected chi connectivity index (χ1v) is 11.8. The van der Waals surface area contributed by atoms with E-state index < -0.39 is 23.6 Å². The van der Waals surface area contributed by atoms with E-state index in [1.807, 2.05) is 30.5 Å². The van der Waals surface area contributed by atoms with Gasteiger partial charge >= 0.3 is 6.18 Å². The first kappa shape index (κ1) is 23.2. The second kappa shape index (κ2) is 9.09. The van der Waals surface area contributed by atoms with Crippen molar-refractivity contribution in [3.8, 4) is 0 Å². The molecule has 0 bridgehead atoms. The van der Waals surface area contributed by atoms with Gasteiger partial charge in [-0.3, -0.25) is 9.59 Å². The number of thioether (sulfide) groups is 1. The summed E-state index contributed by atoms with van der Waals surface area (Å²) in [5.41, 5.74) is 1.61. The molecule has 33 heavy (non-hydrogen) atoms. The minimum absolute atomic E-state index is 0.0452. The Hall–Kier alpha value is -3.00. The number of nitrogens with one attached hydrogen (secondary N) is 2. The molecule has 1 atom stereocenters. The van der Waals surface area contributed by atoms with Crippen molar-refractivity contribution in [3.63, 3.8) is 0 Å². The van der Waals surface area contributed by atoms with Crippen molar-refractivity contribution in [1.82, 2.24) is 5.32 Å². The summed E-state index contributed by atoms with van der Waals surface area (Å²) in [6, 6.07) is 12.5. The molecule has 0 fully saturated rings. The lowest BCUT2D eigenvalue weighted by molar-refractivity contribution is -0.137. The zero-order valence-electron chi connectivity index (χ0n) is 18.2. The van der Waals surface area contributed by atoms with Crippen LogP contribution in [0.5, 0.6) is 0 Å². The second-order valence-electron chi connectivity index (χ2n) is 8.04. The molecule has 0 aromatic heterocycles. The first-order chi connectivity index (χ1) is 15.7. The van der Waals surface area contributed by atoms with E-state index in [1.165, 1.54) is 18.2 Å². The number of allylic oxidation sites excluding steroid dienone is 3. The molecule has 1 amide bonds.